The minimum absolute atomic E-state index is 0.0425. The Morgan fingerprint density at radius 1 is 1.00 bits per heavy atom. The molecule has 0 aliphatic carbocycles. The number of hydrogen-bond acceptors (Lipinski definition) is 6. The van der Waals surface area contributed by atoms with Crippen molar-refractivity contribution >= 4 is 34.3 Å². The summed E-state index contributed by atoms with van der Waals surface area (Å²) in [4.78, 5) is 41.3. The molecule has 3 aromatic rings. The number of aromatic nitrogens is 1. The van der Waals surface area contributed by atoms with Gasteiger partial charge in [0.1, 0.15) is 12.1 Å². The highest BCUT2D eigenvalue weighted by atomic mass is 16.8. The Morgan fingerprint density at radius 3 is 2.56 bits per heavy atom. The highest BCUT2D eigenvalue weighted by molar-refractivity contribution is 6.09. The van der Waals surface area contributed by atoms with Crippen LogP contribution in [-0.4, -0.2) is 61.5 Å². The van der Waals surface area contributed by atoms with Crippen molar-refractivity contribution in [2.45, 2.75) is 31.3 Å². The van der Waals surface area contributed by atoms with Crippen molar-refractivity contribution in [3.8, 4) is 0 Å². The van der Waals surface area contributed by atoms with E-state index in [1.165, 1.54) is 9.47 Å². The lowest BCUT2D eigenvalue weighted by Gasteiger charge is -2.29. The van der Waals surface area contributed by atoms with Crippen molar-refractivity contribution < 1.29 is 24.8 Å². The van der Waals surface area contributed by atoms with Gasteiger partial charge in [0.05, 0.1) is 16.8 Å². The van der Waals surface area contributed by atoms with Crippen LogP contribution in [0.3, 0.4) is 0 Å². The summed E-state index contributed by atoms with van der Waals surface area (Å²) in [6.07, 6.45) is 2.65. The van der Waals surface area contributed by atoms with E-state index < -0.39 is 23.9 Å². The van der Waals surface area contributed by atoms with Crippen molar-refractivity contribution in [3.63, 3.8) is 0 Å². The molecule has 2 atom stereocenters. The lowest BCUT2D eigenvalue weighted by molar-refractivity contribution is -0.326. The van der Waals surface area contributed by atoms with E-state index in [1.807, 2.05) is 12.1 Å². The SMILES string of the molecule is O=C1Nc2ccccc2C(=O)n2cc(c3ccccc32)C[C@H](N(O)O)C(=O)N2CCC[C@@H]12. The van der Waals surface area contributed by atoms with Gasteiger partial charge in [-0.05, 0) is 36.6 Å². The number of hydroxylamine groups is 2. The fourth-order valence-corrected chi connectivity index (χ4v) is 4.68. The molecule has 2 bridgehead atoms. The van der Waals surface area contributed by atoms with Crippen LogP contribution in [0.15, 0.2) is 54.7 Å². The van der Waals surface area contributed by atoms with Crippen LogP contribution in [0.25, 0.3) is 10.9 Å². The first-order chi connectivity index (χ1) is 15.5. The van der Waals surface area contributed by atoms with Crippen LogP contribution < -0.4 is 5.32 Å². The highest BCUT2D eigenvalue weighted by Crippen LogP contribution is 2.29. The molecule has 32 heavy (non-hydrogen) atoms. The maximum Gasteiger partial charge on any atom is 0.264 e. The van der Waals surface area contributed by atoms with E-state index in [-0.39, 0.29) is 17.6 Å². The standard InChI is InChI=1S/C23H22N4O5/c28-21-19-10-5-11-25(19)23(30)20(27(31)32)12-14-13-26(18-9-4-2-6-15(14)18)22(29)16-7-1-3-8-17(16)24-21/h1-4,6-9,13,19-20,31-32H,5,10-12H2,(H,24,28)/t19-,20-/m0/s1. The summed E-state index contributed by atoms with van der Waals surface area (Å²) in [7, 11) is 0. The van der Waals surface area contributed by atoms with Gasteiger partial charge in [-0.3, -0.25) is 29.4 Å². The van der Waals surface area contributed by atoms with Gasteiger partial charge in [-0.15, -0.1) is 0 Å². The zero-order valence-corrected chi connectivity index (χ0v) is 17.1. The minimum Gasteiger partial charge on any atom is -0.329 e. The predicted octanol–water partition coefficient (Wildman–Crippen LogP) is 2.26. The number of carbonyl (C=O) groups is 3. The van der Waals surface area contributed by atoms with Gasteiger partial charge in [0.25, 0.3) is 5.91 Å². The van der Waals surface area contributed by atoms with Crippen LogP contribution in [0.2, 0.25) is 0 Å². The van der Waals surface area contributed by atoms with Crippen molar-refractivity contribution in [2.75, 3.05) is 11.9 Å². The van der Waals surface area contributed by atoms with E-state index in [2.05, 4.69) is 5.32 Å². The molecule has 0 spiro atoms. The van der Waals surface area contributed by atoms with Crippen LogP contribution in [0.1, 0.15) is 28.8 Å². The molecule has 1 fully saturated rings. The lowest BCUT2D eigenvalue weighted by atomic mass is 10.0. The topological polar surface area (TPSA) is 115 Å². The van der Waals surface area contributed by atoms with Gasteiger partial charge in [0.15, 0.2) is 0 Å². The van der Waals surface area contributed by atoms with Gasteiger partial charge in [-0.25, -0.2) is 0 Å². The first-order valence-electron chi connectivity index (χ1n) is 10.5. The van der Waals surface area contributed by atoms with Crippen molar-refractivity contribution in [1.82, 2.24) is 14.7 Å². The second-order valence-electron chi connectivity index (χ2n) is 8.11. The molecule has 2 aliphatic rings. The third-order valence-electron chi connectivity index (χ3n) is 6.24. The molecule has 0 saturated carbocycles. The molecule has 0 radical (unpaired) electrons. The largest absolute Gasteiger partial charge is 0.329 e. The van der Waals surface area contributed by atoms with E-state index in [1.54, 1.807) is 42.6 Å². The molecule has 164 valence electrons. The highest BCUT2D eigenvalue weighted by Gasteiger charge is 2.40. The molecular formula is C23H22N4O5. The minimum atomic E-state index is -1.32. The number of nitrogens with one attached hydrogen (secondary N) is 1. The molecule has 2 amide bonds. The van der Waals surface area contributed by atoms with Gasteiger partial charge >= 0.3 is 0 Å². The summed E-state index contributed by atoms with van der Waals surface area (Å²) in [5.41, 5.74) is 1.93. The molecule has 2 aromatic carbocycles. The summed E-state index contributed by atoms with van der Waals surface area (Å²) < 4.78 is 1.47. The second kappa shape index (κ2) is 7.86. The molecule has 3 heterocycles. The Labute approximate surface area is 183 Å². The summed E-state index contributed by atoms with van der Waals surface area (Å²) in [5.74, 6) is -1.30. The van der Waals surface area contributed by atoms with E-state index in [9.17, 15) is 24.8 Å². The Kier molecular flexibility index (Phi) is 5.01. The average molecular weight is 434 g/mol. The van der Waals surface area contributed by atoms with Crippen LogP contribution in [-0.2, 0) is 16.0 Å². The third kappa shape index (κ3) is 3.27. The van der Waals surface area contributed by atoms with Crippen LogP contribution in [0, 0.1) is 0 Å². The Morgan fingerprint density at radius 2 is 1.75 bits per heavy atom. The fourth-order valence-electron chi connectivity index (χ4n) is 4.68. The van der Waals surface area contributed by atoms with E-state index in [0.717, 1.165) is 5.39 Å². The molecule has 1 saturated heterocycles. The monoisotopic (exact) mass is 434 g/mol. The fraction of sp³-hybridized carbons (Fsp3) is 0.261. The first-order valence-corrected chi connectivity index (χ1v) is 10.5. The second-order valence-corrected chi connectivity index (χ2v) is 8.11. The van der Waals surface area contributed by atoms with Gasteiger partial charge in [0.2, 0.25) is 11.8 Å². The number of amides is 2. The number of rotatable bonds is 1. The lowest BCUT2D eigenvalue weighted by Crippen LogP contribution is -2.52. The zero-order valence-electron chi connectivity index (χ0n) is 17.1. The molecule has 5 rings (SSSR count). The van der Waals surface area contributed by atoms with Crippen molar-refractivity contribution in [2.24, 2.45) is 0 Å². The summed E-state index contributed by atoms with van der Waals surface area (Å²) >= 11 is 0. The van der Waals surface area contributed by atoms with Crippen molar-refractivity contribution in [3.05, 3.63) is 65.9 Å². The van der Waals surface area contributed by atoms with Gasteiger partial charge in [-0.1, -0.05) is 35.6 Å². The predicted molar refractivity (Wildman–Crippen MR) is 114 cm³/mol. The maximum absolute atomic E-state index is 13.5. The van der Waals surface area contributed by atoms with Gasteiger partial charge in [-0.2, -0.15) is 0 Å². The normalized spacial score (nSPS) is 21.6. The zero-order chi connectivity index (χ0) is 22.4. The molecule has 9 heteroatoms. The maximum atomic E-state index is 13.5. The van der Waals surface area contributed by atoms with Crippen LogP contribution in [0.5, 0.6) is 0 Å². The molecule has 9 nitrogen and oxygen atoms in total. The first kappa shape index (κ1) is 20.4. The summed E-state index contributed by atoms with van der Waals surface area (Å²) in [5, 5.41) is 23.2. The van der Waals surface area contributed by atoms with E-state index in [4.69, 9.17) is 0 Å². The molecule has 1 aromatic heterocycles. The number of benzene rings is 2. The van der Waals surface area contributed by atoms with E-state index >= 15 is 0 Å². The average Bonchev–Trinajstić information content (AvgIpc) is 3.42. The molecular weight excluding hydrogens is 412 g/mol. The number of carbonyl (C=O) groups excluding carboxylic acids is 3. The summed E-state index contributed by atoms with van der Waals surface area (Å²) in [6.45, 7) is 0.337. The van der Waals surface area contributed by atoms with Crippen LogP contribution in [0.4, 0.5) is 5.69 Å². The van der Waals surface area contributed by atoms with Crippen molar-refractivity contribution in [1.29, 1.82) is 0 Å². The molecule has 3 N–H and O–H groups in total. The number of nitrogens with zero attached hydrogens (tertiary/aromatic N) is 3. The van der Waals surface area contributed by atoms with Gasteiger partial charge in [0, 0.05) is 24.5 Å². The quantitative estimate of drug-likeness (QED) is 0.506. The summed E-state index contributed by atoms with van der Waals surface area (Å²) in [6, 6.07) is 11.9. The van der Waals surface area contributed by atoms with E-state index in [0.29, 0.717) is 41.7 Å². The number of fused-ring (bicyclic) bond motifs is 7. The Bertz CT molecular complexity index is 1230. The third-order valence-corrected chi connectivity index (χ3v) is 6.24. The number of hydrogen-bond donors (Lipinski definition) is 3. The number of anilines is 1. The Hall–Kier alpha value is -3.53. The molecule has 2 aliphatic heterocycles. The van der Waals surface area contributed by atoms with Gasteiger partial charge < -0.3 is 10.2 Å². The number of para-hydroxylation sites is 2. The Balaban J connectivity index is 1.72. The molecule has 0 unspecified atom stereocenters. The van der Waals surface area contributed by atoms with Crippen LogP contribution >= 0.6 is 0 Å². The smallest absolute Gasteiger partial charge is 0.264 e.